The van der Waals surface area contributed by atoms with E-state index in [1.807, 2.05) is 0 Å². The van der Waals surface area contributed by atoms with Crippen molar-refractivity contribution in [2.24, 2.45) is 0 Å². The lowest BCUT2D eigenvalue weighted by Gasteiger charge is -2.25. The molecule has 1 atom stereocenters. The van der Waals surface area contributed by atoms with Crippen LogP contribution in [0, 0.1) is 6.92 Å². The number of aryl methyl sites for hydroxylation is 1. The van der Waals surface area contributed by atoms with Crippen LogP contribution in [0.4, 0.5) is 0 Å². The summed E-state index contributed by atoms with van der Waals surface area (Å²) in [5.74, 6) is 2.16. The Morgan fingerprint density at radius 1 is 1.26 bits per heavy atom. The normalized spacial score (nSPS) is 13.5. The maximum absolute atomic E-state index is 5.99. The number of hydrogen-bond donors (Lipinski definition) is 1. The van der Waals surface area contributed by atoms with Crippen LogP contribution in [0.1, 0.15) is 58.1 Å². The third kappa shape index (κ3) is 5.00. The van der Waals surface area contributed by atoms with Crippen LogP contribution in [0.5, 0.6) is 0 Å². The number of furan rings is 1. The average Bonchev–Trinajstić information content (AvgIpc) is 2.72. The minimum absolute atomic E-state index is 0.486. The van der Waals surface area contributed by atoms with E-state index in [1.54, 1.807) is 0 Å². The van der Waals surface area contributed by atoms with Crippen molar-refractivity contribution < 1.29 is 4.42 Å². The van der Waals surface area contributed by atoms with Gasteiger partial charge in [0.15, 0.2) is 0 Å². The fourth-order valence-corrected chi connectivity index (χ4v) is 2.18. The van der Waals surface area contributed by atoms with E-state index >= 15 is 0 Å². The minimum atomic E-state index is 0.486. The number of nitrogens with zero attached hydrogens (tertiary/aromatic N) is 1. The van der Waals surface area contributed by atoms with E-state index in [2.05, 4.69) is 57.8 Å². The molecule has 110 valence electrons. The van der Waals surface area contributed by atoms with E-state index < -0.39 is 0 Å². The van der Waals surface area contributed by atoms with Gasteiger partial charge in [-0.1, -0.05) is 27.7 Å². The first-order chi connectivity index (χ1) is 8.97. The second-order valence-electron chi connectivity index (χ2n) is 5.67. The summed E-state index contributed by atoms with van der Waals surface area (Å²) >= 11 is 0. The quantitative estimate of drug-likeness (QED) is 0.777. The van der Waals surface area contributed by atoms with Gasteiger partial charge < -0.3 is 9.73 Å². The van der Waals surface area contributed by atoms with Gasteiger partial charge in [0, 0.05) is 12.1 Å². The van der Waals surface area contributed by atoms with Crippen molar-refractivity contribution in [1.82, 2.24) is 10.2 Å². The molecule has 1 aromatic rings. The lowest BCUT2D eigenvalue weighted by Crippen LogP contribution is -2.31. The first kappa shape index (κ1) is 16.3. The number of nitrogens with one attached hydrogen (secondary N) is 1. The maximum atomic E-state index is 5.99. The van der Waals surface area contributed by atoms with Crippen molar-refractivity contribution in [3.8, 4) is 0 Å². The second kappa shape index (κ2) is 7.71. The second-order valence-corrected chi connectivity index (χ2v) is 5.67. The Labute approximate surface area is 118 Å². The topological polar surface area (TPSA) is 28.4 Å². The Bertz CT molecular complexity index is 371. The third-order valence-electron chi connectivity index (χ3n) is 3.72. The first-order valence-corrected chi connectivity index (χ1v) is 7.53. The molecule has 1 heterocycles. The Morgan fingerprint density at radius 2 is 1.95 bits per heavy atom. The lowest BCUT2D eigenvalue weighted by molar-refractivity contribution is 0.189. The van der Waals surface area contributed by atoms with Gasteiger partial charge in [-0.3, -0.25) is 4.90 Å². The molecule has 0 spiro atoms. The molecule has 0 radical (unpaired) electrons. The van der Waals surface area contributed by atoms with E-state index in [1.165, 1.54) is 12.0 Å². The van der Waals surface area contributed by atoms with Crippen molar-refractivity contribution in [3.63, 3.8) is 0 Å². The molecule has 0 fully saturated rings. The van der Waals surface area contributed by atoms with E-state index in [0.29, 0.717) is 12.1 Å². The summed E-state index contributed by atoms with van der Waals surface area (Å²) in [4.78, 5) is 2.46. The molecule has 0 bridgehead atoms. The molecular formula is C16H30N2O. The molecule has 0 aliphatic carbocycles. The lowest BCUT2D eigenvalue weighted by atomic mass is 10.2. The molecule has 1 rings (SSSR count). The summed E-state index contributed by atoms with van der Waals surface area (Å²) in [6, 6.07) is 3.27. The molecule has 0 amide bonds. The Morgan fingerprint density at radius 3 is 2.47 bits per heavy atom. The maximum Gasteiger partial charge on any atom is 0.120 e. The van der Waals surface area contributed by atoms with Gasteiger partial charge in [0.25, 0.3) is 0 Å². The van der Waals surface area contributed by atoms with Gasteiger partial charge in [-0.2, -0.15) is 0 Å². The smallest absolute Gasteiger partial charge is 0.120 e. The van der Waals surface area contributed by atoms with Gasteiger partial charge in [-0.05, 0) is 38.4 Å². The largest absolute Gasteiger partial charge is 0.463 e. The zero-order valence-corrected chi connectivity index (χ0v) is 13.4. The highest BCUT2D eigenvalue weighted by molar-refractivity contribution is 5.20. The van der Waals surface area contributed by atoms with Crippen molar-refractivity contribution in [1.29, 1.82) is 0 Å². The Balaban J connectivity index is 2.66. The monoisotopic (exact) mass is 266 g/mol. The van der Waals surface area contributed by atoms with Crippen LogP contribution in [-0.2, 0) is 13.1 Å². The zero-order valence-electron chi connectivity index (χ0n) is 13.4. The Kier molecular flexibility index (Phi) is 6.59. The highest BCUT2D eigenvalue weighted by Gasteiger charge is 2.14. The van der Waals surface area contributed by atoms with Crippen LogP contribution in [0.15, 0.2) is 10.5 Å². The minimum Gasteiger partial charge on any atom is -0.463 e. The number of rotatable bonds is 8. The van der Waals surface area contributed by atoms with Crippen LogP contribution in [-0.4, -0.2) is 23.5 Å². The summed E-state index contributed by atoms with van der Waals surface area (Å²) < 4.78 is 5.99. The average molecular weight is 266 g/mol. The molecule has 1 unspecified atom stereocenters. The van der Waals surface area contributed by atoms with Crippen molar-refractivity contribution >= 4 is 0 Å². The molecular weight excluding hydrogens is 236 g/mol. The fourth-order valence-electron chi connectivity index (χ4n) is 2.18. The summed E-state index contributed by atoms with van der Waals surface area (Å²) in [5.41, 5.74) is 1.25. The van der Waals surface area contributed by atoms with Crippen molar-refractivity contribution in [3.05, 3.63) is 23.2 Å². The van der Waals surface area contributed by atoms with Gasteiger partial charge in [-0.15, -0.1) is 0 Å². The molecule has 1 N–H and O–H groups in total. The van der Waals surface area contributed by atoms with Crippen molar-refractivity contribution in [2.75, 3.05) is 6.54 Å². The van der Waals surface area contributed by atoms with E-state index in [4.69, 9.17) is 4.42 Å². The van der Waals surface area contributed by atoms with Gasteiger partial charge in [0.05, 0.1) is 13.1 Å². The molecule has 1 aromatic heterocycles. The molecule has 0 aromatic carbocycles. The predicted octanol–water partition coefficient (Wildman–Crippen LogP) is 3.71. The summed E-state index contributed by atoms with van der Waals surface area (Å²) in [6.45, 7) is 16.0. The van der Waals surface area contributed by atoms with Gasteiger partial charge in [-0.25, -0.2) is 0 Å². The summed E-state index contributed by atoms with van der Waals surface area (Å²) in [6.07, 6.45) is 1.18. The predicted molar refractivity (Wildman–Crippen MR) is 81.3 cm³/mol. The van der Waals surface area contributed by atoms with E-state index in [9.17, 15) is 0 Å². The third-order valence-corrected chi connectivity index (χ3v) is 3.72. The number of hydrogen-bond acceptors (Lipinski definition) is 3. The van der Waals surface area contributed by atoms with Crippen LogP contribution in [0.25, 0.3) is 0 Å². The summed E-state index contributed by atoms with van der Waals surface area (Å²) in [5, 5.41) is 3.41. The van der Waals surface area contributed by atoms with E-state index in [-0.39, 0.29) is 0 Å². The van der Waals surface area contributed by atoms with Crippen LogP contribution in [0.2, 0.25) is 0 Å². The van der Waals surface area contributed by atoms with E-state index in [0.717, 1.165) is 31.2 Å². The summed E-state index contributed by atoms with van der Waals surface area (Å²) in [7, 11) is 0. The molecule has 0 saturated heterocycles. The standard InChI is InChI=1S/C16H30N2O/c1-7-14(6)18(8-2)11-15-9-13(5)16(19-15)10-17-12(3)4/h9,12,14,17H,7-8,10-11H2,1-6H3. The molecule has 0 aliphatic heterocycles. The molecule has 3 nitrogen and oxygen atoms in total. The van der Waals surface area contributed by atoms with Crippen LogP contribution < -0.4 is 5.32 Å². The SMILES string of the molecule is CCC(C)N(CC)Cc1cc(C)c(CNC(C)C)o1. The van der Waals surface area contributed by atoms with Crippen LogP contribution >= 0.6 is 0 Å². The van der Waals surface area contributed by atoms with Crippen LogP contribution in [0.3, 0.4) is 0 Å². The first-order valence-electron chi connectivity index (χ1n) is 7.53. The molecule has 0 aliphatic rings. The Hall–Kier alpha value is -0.800. The molecule has 3 heteroatoms. The highest BCUT2D eigenvalue weighted by atomic mass is 16.3. The molecule has 19 heavy (non-hydrogen) atoms. The van der Waals surface area contributed by atoms with Gasteiger partial charge >= 0.3 is 0 Å². The highest BCUT2D eigenvalue weighted by Crippen LogP contribution is 2.18. The molecule has 0 saturated carbocycles. The zero-order chi connectivity index (χ0) is 14.4. The fraction of sp³-hybridized carbons (Fsp3) is 0.750. The van der Waals surface area contributed by atoms with Crippen molar-refractivity contribution in [2.45, 2.75) is 73.1 Å². The van der Waals surface area contributed by atoms with Gasteiger partial charge in [0.1, 0.15) is 11.5 Å². The van der Waals surface area contributed by atoms with Gasteiger partial charge in [0.2, 0.25) is 0 Å².